The quantitative estimate of drug-likeness (QED) is 0.788. The van der Waals surface area contributed by atoms with Crippen LogP contribution in [-0.2, 0) is 11.3 Å². The molecule has 0 atom stereocenters. The minimum absolute atomic E-state index is 0.0739. The summed E-state index contributed by atoms with van der Waals surface area (Å²) in [6.45, 7) is 2.36. The van der Waals surface area contributed by atoms with Crippen LogP contribution in [0.3, 0.4) is 0 Å². The van der Waals surface area contributed by atoms with Crippen molar-refractivity contribution >= 4 is 23.3 Å². The van der Waals surface area contributed by atoms with Crippen LogP contribution in [0.1, 0.15) is 31.2 Å². The van der Waals surface area contributed by atoms with Gasteiger partial charge in [0.25, 0.3) is 5.91 Å². The van der Waals surface area contributed by atoms with E-state index < -0.39 is 22.9 Å². The highest BCUT2D eigenvalue weighted by Crippen LogP contribution is 2.49. The Morgan fingerprint density at radius 1 is 1.26 bits per heavy atom. The first kappa shape index (κ1) is 17.8. The van der Waals surface area contributed by atoms with Crippen molar-refractivity contribution in [1.29, 1.82) is 0 Å². The van der Waals surface area contributed by atoms with Crippen LogP contribution < -0.4 is 0 Å². The van der Waals surface area contributed by atoms with Crippen molar-refractivity contribution in [2.24, 2.45) is 0 Å². The topological polar surface area (TPSA) is 86.6 Å². The van der Waals surface area contributed by atoms with Crippen molar-refractivity contribution in [3.8, 4) is 16.3 Å². The number of phenols is 1. The number of aromatic nitrogens is 2. The number of phenolic OH excluding ortho intramolecular Hbond substituents is 1. The fourth-order valence-electron chi connectivity index (χ4n) is 3.29. The van der Waals surface area contributed by atoms with Gasteiger partial charge >= 0.3 is 6.03 Å². The fourth-order valence-corrected chi connectivity index (χ4v) is 4.14. The van der Waals surface area contributed by atoms with Crippen LogP contribution in [0.15, 0.2) is 12.1 Å². The molecule has 10 heteroatoms. The Balaban J connectivity index is 1.59. The summed E-state index contributed by atoms with van der Waals surface area (Å²) in [7, 11) is 0. The van der Waals surface area contributed by atoms with Gasteiger partial charge in [0.1, 0.15) is 10.5 Å². The molecule has 2 heterocycles. The minimum atomic E-state index is -1.11. The van der Waals surface area contributed by atoms with Gasteiger partial charge in [0.15, 0.2) is 22.4 Å². The van der Waals surface area contributed by atoms with Crippen LogP contribution in [-0.4, -0.2) is 49.1 Å². The molecular weight excluding hydrogens is 378 g/mol. The number of hydrogen-bond donors (Lipinski definition) is 1. The van der Waals surface area contributed by atoms with Gasteiger partial charge in [-0.25, -0.2) is 13.6 Å². The number of aromatic hydroxyl groups is 1. The number of amides is 3. The Morgan fingerprint density at radius 3 is 2.67 bits per heavy atom. The highest BCUT2D eigenvalue weighted by atomic mass is 32.1. The maximum Gasteiger partial charge on any atom is 0.328 e. The maximum atomic E-state index is 14.1. The smallest absolute Gasteiger partial charge is 0.328 e. The molecule has 1 aromatic carbocycles. The Labute approximate surface area is 157 Å². The van der Waals surface area contributed by atoms with Crippen LogP contribution >= 0.6 is 11.3 Å². The normalized spacial score (nSPS) is 18.0. The lowest BCUT2D eigenvalue weighted by molar-refractivity contribution is -0.129. The van der Waals surface area contributed by atoms with Gasteiger partial charge in [-0.1, -0.05) is 18.3 Å². The molecule has 1 aliphatic heterocycles. The summed E-state index contributed by atoms with van der Waals surface area (Å²) in [5.41, 5.74) is -0.854. The number of carbonyl (C=O) groups excluding carboxylic acids is 2. The molecule has 2 fully saturated rings. The molecule has 1 spiro atoms. The fraction of sp³-hybridized carbons (Fsp3) is 0.412. The first-order valence-corrected chi connectivity index (χ1v) is 9.34. The molecule has 142 valence electrons. The van der Waals surface area contributed by atoms with E-state index >= 15 is 0 Å². The molecule has 1 N–H and O–H groups in total. The van der Waals surface area contributed by atoms with E-state index in [1.807, 2.05) is 6.92 Å². The van der Waals surface area contributed by atoms with E-state index in [1.165, 1.54) is 15.9 Å². The van der Waals surface area contributed by atoms with E-state index in [-0.39, 0.29) is 29.1 Å². The Bertz CT molecular complexity index is 944. The van der Waals surface area contributed by atoms with E-state index in [0.29, 0.717) is 30.8 Å². The number of rotatable bonds is 5. The van der Waals surface area contributed by atoms with E-state index in [0.717, 1.165) is 17.4 Å². The van der Waals surface area contributed by atoms with Gasteiger partial charge in [0, 0.05) is 6.54 Å². The van der Waals surface area contributed by atoms with Crippen LogP contribution in [0.2, 0.25) is 0 Å². The number of carbonyl (C=O) groups is 2. The first-order valence-electron chi connectivity index (χ1n) is 8.52. The molecule has 1 aromatic heterocycles. The molecule has 3 amide bonds. The average Bonchev–Trinajstić information content (AvgIpc) is 3.29. The van der Waals surface area contributed by atoms with E-state index in [2.05, 4.69) is 10.2 Å². The Kier molecular flexibility index (Phi) is 4.10. The summed E-state index contributed by atoms with van der Waals surface area (Å²) in [6.07, 6.45) is 1.91. The first-order chi connectivity index (χ1) is 12.9. The minimum Gasteiger partial charge on any atom is -0.503 e. The lowest BCUT2D eigenvalue weighted by Gasteiger charge is -2.19. The molecule has 0 unspecified atom stereocenters. The van der Waals surface area contributed by atoms with Crippen LogP contribution in [0.25, 0.3) is 10.6 Å². The lowest BCUT2D eigenvalue weighted by Crippen LogP contribution is -2.36. The number of benzene rings is 1. The van der Waals surface area contributed by atoms with E-state index in [9.17, 15) is 23.5 Å². The van der Waals surface area contributed by atoms with Gasteiger partial charge in [-0.15, -0.1) is 10.2 Å². The summed E-state index contributed by atoms with van der Waals surface area (Å²) >= 11 is 1.03. The van der Waals surface area contributed by atoms with Gasteiger partial charge in [-0.05, 0) is 31.4 Å². The van der Waals surface area contributed by atoms with Gasteiger partial charge in [0.05, 0.1) is 12.1 Å². The SMILES string of the molecule is CCCN1C(=O)N(Cc2nnc(-c3ccc(F)c(O)c3F)s2)C2(CC2)C1=O. The molecule has 0 radical (unpaired) electrons. The number of halogens is 2. The molecule has 2 aliphatic rings. The molecule has 1 saturated heterocycles. The molecule has 4 rings (SSSR count). The summed E-state index contributed by atoms with van der Waals surface area (Å²) in [5, 5.41) is 17.9. The number of imide groups is 1. The van der Waals surface area contributed by atoms with Crippen LogP contribution in [0.4, 0.5) is 13.6 Å². The summed E-state index contributed by atoms with van der Waals surface area (Å²) in [6, 6.07) is 1.77. The molecule has 1 aliphatic carbocycles. The third-order valence-corrected chi connectivity index (χ3v) is 5.79. The molecule has 27 heavy (non-hydrogen) atoms. The Hall–Kier alpha value is -2.62. The van der Waals surface area contributed by atoms with Gasteiger partial charge in [-0.3, -0.25) is 9.69 Å². The van der Waals surface area contributed by atoms with Crippen LogP contribution in [0, 0.1) is 11.6 Å². The van der Waals surface area contributed by atoms with Gasteiger partial charge < -0.3 is 10.0 Å². The second-order valence-corrected chi connectivity index (χ2v) is 7.68. The molecule has 0 bridgehead atoms. The summed E-state index contributed by atoms with van der Waals surface area (Å²) in [5.74, 6) is -3.42. The molecule has 2 aromatic rings. The second-order valence-electron chi connectivity index (χ2n) is 6.62. The Morgan fingerprint density at radius 2 is 2.00 bits per heavy atom. The van der Waals surface area contributed by atoms with Crippen molar-refractivity contribution in [2.75, 3.05) is 6.54 Å². The zero-order valence-corrected chi connectivity index (χ0v) is 15.2. The van der Waals surface area contributed by atoms with Gasteiger partial charge in [0.2, 0.25) is 0 Å². The van der Waals surface area contributed by atoms with Crippen molar-refractivity contribution < 1.29 is 23.5 Å². The zero-order chi connectivity index (χ0) is 19.3. The standard InChI is InChI=1S/C17H16F2N4O3S/c1-2-7-22-15(25)17(5-6-17)23(16(22)26)8-11-20-21-14(27-11)9-3-4-10(18)13(24)12(9)19/h3-4,24H,2,5-8H2,1H3. The third kappa shape index (κ3) is 2.66. The predicted molar refractivity (Wildman–Crippen MR) is 91.8 cm³/mol. The largest absolute Gasteiger partial charge is 0.503 e. The van der Waals surface area contributed by atoms with Crippen LogP contribution in [0.5, 0.6) is 5.75 Å². The van der Waals surface area contributed by atoms with Crippen molar-refractivity contribution in [3.63, 3.8) is 0 Å². The molecular formula is C17H16F2N4O3S. The number of hydrogen-bond acceptors (Lipinski definition) is 6. The van der Waals surface area contributed by atoms with E-state index in [4.69, 9.17) is 0 Å². The predicted octanol–water partition coefficient (Wildman–Crippen LogP) is 2.90. The lowest BCUT2D eigenvalue weighted by atomic mass is 10.2. The second kappa shape index (κ2) is 6.22. The molecule has 1 saturated carbocycles. The van der Waals surface area contributed by atoms with Crippen molar-refractivity contribution in [1.82, 2.24) is 20.0 Å². The summed E-state index contributed by atoms with van der Waals surface area (Å²) in [4.78, 5) is 28.0. The third-order valence-electron chi connectivity index (χ3n) is 4.85. The maximum absolute atomic E-state index is 14.1. The highest BCUT2D eigenvalue weighted by molar-refractivity contribution is 7.14. The van der Waals surface area contributed by atoms with E-state index in [1.54, 1.807) is 0 Å². The summed E-state index contributed by atoms with van der Waals surface area (Å²) < 4.78 is 27.3. The molecule has 7 nitrogen and oxygen atoms in total. The van der Waals surface area contributed by atoms with Crippen molar-refractivity contribution in [2.45, 2.75) is 38.3 Å². The average molecular weight is 394 g/mol. The monoisotopic (exact) mass is 394 g/mol. The zero-order valence-electron chi connectivity index (χ0n) is 14.4. The highest BCUT2D eigenvalue weighted by Gasteiger charge is 2.64. The number of urea groups is 1. The van der Waals surface area contributed by atoms with Crippen molar-refractivity contribution in [3.05, 3.63) is 28.8 Å². The van der Waals surface area contributed by atoms with Gasteiger partial charge in [-0.2, -0.15) is 0 Å². The number of nitrogens with zero attached hydrogens (tertiary/aromatic N) is 4.